The first-order valence-corrected chi connectivity index (χ1v) is 7.95. The van der Waals surface area contributed by atoms with Gasteiger partial charge in [-0.2, -0.15) is 0 Å². The van der Waals surface area contributed by atoms with Crippen LogP contribution in [-0.2, 0) is 4.79 Å². The van der Waals surface area contributed by atoms with Crippen molar-refractivity contribution in [2.75, 3.05) is 13.6 Å². The van der Waals surface area contributed by atoms with Crippen LogP contribution >= 0.6 is 0 Å². The van der Waals surface area contributed by atoms with Gasteiger partial charge in [0.15, 0.2) is 0 Å². The van der Waals surface area contributed by atoms with Crippen LogP contribution < -0.4 is 0 Å². The van der Waals surface area contributed by atoms with Crippen LogP contribution in [0.3, 0.4) is 0 Å². The van der Waals surface area contributed by atoms with E-state index in [2.05, 4.69) is 19.8 Å². The molecule has 0 aromatic carbocycles. The molecule has 0 spiro atoms. The van der Waals surface area contributed by atoms with Crippen molar-refractivity contribution in [1.29, 1.82) is 0 Å². The smallest absolute Gasteiger partial charge is 0.223 e. The summed E-state index contributed by atoms with van der Waals surface area (Å²) in [6, 6.07) is 0. The minimum Gasteiger partial charge on any atom is -0.335 e. The quantitative estimate of drug-likeness (QED) is 0.721. The largest absolute Gasteiger partial charge is 0.335 e. The van der Waals surface area contributed by atoms with Gasteiger partial charge in [0.05, 0.1) is 6.54 Å². The Morgan fingerprint density at radius 2 is 1.80 bits per heavy atom. The summed E-state index contributed by atoms with van der Waals surface area (Å²) in [6.07, 6.45) is 14.0. The molecule has 2 heteroatoms. The molecule has 110 valence electrons. The zero-order chi connectivity index (χ0) is 14.6. The van der Waals surface area contributed by atoms with Crippen molar-refractivity contribution < 1.29 is 4.79 Å². The molecular formula is C18H27NO. The lowest BCUT2D eigenvalue weighted by Crippen LogP contribution is -2.56. The molecule has 4 aliphatic rings. The van der Waals surface area contributed by atoms with Crippen LogP contribution in [0.5, 0.6) is 0 Å². The Morgan fingerprint density at radius 3 is 2.30 bits per heavy atom. The predicted molar refractivity (Wildman–Crippen MR) is 80.9 cm³/mol. The Hall–Kier alpha value is -0.970. The maximum atomic E-state index is 12.5. The molecular weight excluding hydrogens is 246 g/mol. The van der Waals surface area contributed by atoms with Gasteiger partial charge >= 0.3 is 0 Å². The van der Waals surface area contributed by atoms with Crippen molar-refractivity contribution in [1.82, 2.24) is 4.90 Å². The number of hydrogen-bond donors (Lipinski definition) is 0. The highest BCUT2D eigenvalue weighted by atomic mass is 16.2. The highest BCUT2D eigenvalue weighted by Crippen LogP contribution is 2.70. The molecule has 0 radical (unpaired) electrons. The molecule has 0 saturated heterocycles. The lowest BCUT2D eigenvalue weighted by atomic mass is 9.40. The molecule has 2 nitrogen and oxygen atoms in total. The number of nitrogens with zero attached hydrogens (tertiary/aromatic N) is 1. The minimum atomic E-state index is 0.247. The minimum absolute atomic E-state index is 0.247. The van der Waals surface area contributed by atoms with Gasteiger partial charge in [0, 0.05) is 13.5 Å². The van der Waals surface area contributed by atoms with Crippen molar-refractivity contribution in [2.45, 2.75) is 58.8 Å². The van der Waals surface area contributed by atoms with E-state index in [1.165, 1.54) is 38.5 Å². The Kier molecular flexibility index (Phi) is 2.98. The Balaban J connectivity index is 1.79. The van der Waals surface area contributed by atoms with Gasteiger partial charge in [-0.1, -0.05) is 19.8 Å². The van der Waals surface area contributed by atoms with Crippen LogP contribution in [0.1, 0.15) is 58.8 Å². The molecule has 0 aromatic rings. The second kappa shape index (κ2) is 4.26. The second-order valence-corrected chi connectivity index (χ2v) is 8.76. The molecule has 4 fully saturated rings. The Bertz CT molecular complexity index is 456. The van der Waals surface area contributed by atoms with E-state index in [0.29, 0.717) is 23.8 Å². The summed E-state index contributed by atoms with van der Waals surface area (Å²) in [5, 5.41) is 0. The molecule has 4 saturated carbocycles. The summed E-state index contributed by atoms with van der Waals surface area (Å²) in [6.45, 7) is 5.35. The third-order valence-electron chi connectivity index (χ3n) is 6.02. The van der Waals surface area contributed by atoms with Crippen molar-refractivity contribution >= 4 is 5.91 Å². The number of carbonyl (C=O) groups excluding carboxylic acids is 1. The molecule has 0 aliphatic heterocycles. The third-order valence-corrected chi connectivity index (χ3v) is 6.02. The molecule has 2 unspecified atom stereocenters. The molecule has 2 atom stereocenters. The van der Waals surface area contributed by atoms with E-state index in [4.69, 9.17) is 6.42 Å². The number of carbonyl (C=O) groups is 1. The van der Waals surface area contributed by atoms with E-state index >= 15 is 0 Å². The summed E-state index contributed by atoms with van der Waals surface area (Å²) in [5.41, 5.74) is 1.24. The van der Waals surface area contributed by atoms with Crippen LogP contribution in [0.15, 0.2) is 0 Å². The standard InChI is InChI=1S/C18H27NO/c1-5-6-19(4)15(20)10-18-9-14-7-16(2,12-18)11-17(3,8-14)13-18/h1,14H,6-13H2,2-4H3. The van der Waals surface area contributed by atoms with E-state index in [1.807, 2.05) is 7.05 Å². The average molecular weight is 273 g/mol. The van der Waals surface area contributed by atoms with E-state index in [-0.39, 0.29) is 11.3 Å². The van der Waals surface area contributed by atoms with Gasteiger partial charge in [-0.3, -0.25) is 4.79 Å². The lowest BCUT2D eigenvalue weighted by molar-refractivity contribution is -0.160. The van der Waals surface area contributed by atoms with Crippen LogP contribution in [0, 0.1) is 34.5 Å². The van der Waals surface area contributed by atoms with Crippen molar-refractivity contribution in [3.8, 4) is 12.3 Å². The van der Waals surface area contributed by atoms with Gasteiger partial charge in [-0.25, -0.2) is 0 Å². The van der Waals surface area contributed by atoms with Gasteiger partial charge in [-0.05, 0) is 60.7 Å². The molecule has 0 aromatic heterocycles. The summed E-state index contributed by atoms with van der Waals surface area (Å²) < 4.78 is 0. The van der Waals surface area contributed by atoms with E-state index < -0.39 is 0 Å². The molecule has 1 amide bonds. The molecule has 20 heavy (non-hydrogen) atoms. The fourth-order valence-corrected chi connectivity index (χ4v) is 6.56. The van der Waals surface area contributed by atoms with Crippen LogP contribution in [0.4, 0.5) is 0 Å². The third kappa shape index (κ3) is 2.26. The van der Waals surface area contributed by atoms with Gasteiger partial charge in [-0.15, -0.1) is 6.42 Å². The van der Waals surface area contributed by atoms with Crippen LogP contribution in [0.2, 0.25) is 0 Å². The van der Waals surface area contributed by atoms with E-state index in [1.54, 1.807) is 4.90 Å². The van der Waals surface area contributed by atoms with Crippen LogP contribution in [0.25, 0.3) is 0 Å². The van der Waals surface area contributed by atoms with Gasteiger partial charge in [0.25, 0.3) is 0 Å². The first-order valence-electron chi connectivity index (χ1n) is 7.95. The van der Waals surface area contributed by atoms with Crippen molar-refractivity contribution in [3.63, 3.8) is 0 Å². The SMILES string of the molecule is C#CCN(C)C(=O)CC12CC3CC(C)(CC(C)(C3)C1)C2. The highest BCUT2D eigenvalue weighted by Gasteiger charge is 2.60. The fraction of sp³-hybridized carbons (Fsp3) is 0.833. The van der Waals surface area contributed by atoms with Gasteiger partial charge in [0.1, 0.15) is 0 Å². The second-order valence-electron chi connectivity index (χ2n) is 8.76. The number of terminal acetylenes is 1. The average Bonchev–Trinajstić information content (AvgIpc) is 2.23. The fourth-order valence-electron chi connectivity index (χ4n) is 6.56. The normalized spacial score (nSPS) is 45.2. The Labute approximate surface area is 123 Å². The van der Waals surface area contributed by atoms with Gasteiger partial charge in [0.2, 0.25) is 5.91 Å². The van der Waals surface area contributed by atoms with Gasteiger partial charge < -0.3 is 4.90 Å². The molecule has 4 rings (SSSR count). The summed E-state index contributed by atoms with van der Waals surface area (Å²) in [4.78, 5) is 14.2. The van der Waals surface area contributed by atoms with Crippen LogP contribution in [-0.4, -0.2) is 24.4 Å². The summed E-state index contributed by atoms with van der Waals surface area (Å²) in [5.74, 6) is 3.68. The Morgan fingerprint density at radius 1 is 1.20 bits per heavy atom. The first kappa shape index (κ1) is 14.0. The number of rotatable bonds is 3. The molecule has 4 aliphatic carbocycles. The van der Waals surface area contributed by atoms with E-state index in [9.17, 15) is 4.79 Å². The molecule has 0 N–H and O–H groups in total. The highest BCUT2D eigenvalue weighted by molar-refractivity contribution is 5.77. The maximum absolute atomic E-state index is 12.5. The maximum Gasteiger partial charge on any atom is 0.223 e. The lowest BCUT2D eigenvalue weighted by Gasteiger charge is -2.65. The zero-order valence-electron chi connectivity index (χ0n) is 13.2. The molecule has 0 heterocycles. The number of amides is 1. The predicted octanol–water partition coefficient (Wildman–Crippen LogP) is 3.46. The monoisotopic (exact) mass is 273 g/mol. The summed E-state index contributed by atoms with van der Waals surface area (Å²) in [7, 11) is 1.84. The zero-order valence-corrected chi connectivity index (χ0v) is 13.2. The summed E-state index contributed by atoms with van der Waals surface area (Å²) >= 11 is 0. The number of hydrogen-bond acceptors (Lipinski definition) is 1. The van der Waals surface area contributed by atoms with E-state index in [0.717, 1.165) is 5.92 Å². The molecule has 4 bridgehead atoms. The van der Waals surface area contributed by atoms with Crippen molar-refractivity contribution in [3.05, 3.63) is 0 Å². The topological polar surface area (TPSA) is 20.3 Å². The first-order chi connectivity index (χ1) is 9.27. The van der Waals surface area contributed by atoms with Crippen molar-refractivity contribution in [2.24, 2.45) is 22.2 Å².